The molecule has 0 spiro atoms. The first-order valence-corrected chi connectivity index (χ1v) is 8.70. The Bertz CT molecular complexity index is 934. The zero-order valence-electron chi connectivity index (χ0n) is 12.1. The third-order valence-electron chi connectivity index (χ3n) is 3.72. The number of aliphatic hydroxyl groups is 1. The highest BCUT2D eigenvalue weighted by Gasteiger charge is 2.32. The van der Waals surface area contributed by atoms with Crippen LogP contribution in [0.15, 0.2) is 52.3 Å². The molecule has 24 heavy (non-hydrogen) atoms. The number of benzene rings is 2. The van der Waals surface area contributed by atoms with Crippen LogP contribution < -0.4 is 0 Å². The van der Waals surface area contributed by atoms with Gasteiger partial charge in [-0.2, -0.15) is 13.2 Å². The molecule has 2 aromatic carbocycles. The summed E-state index contributed by atoms with van der Waals surface area (Å²) in [6.45, 7) is -0.192. The number of hydrogen-bond donors (Lipinski definition) is 1. The van der Waals surface area contributed by atoms with Gasteiger partial charge in [-0.3, -0.25) is 0 Å². The molecule has 122 valence electrons. The first-order valence-electron chi connectivity index (χ1n) is 7.07. The van der Waals surface area contributed by atoms with Crippen LogP contribution in [0.25, 0.3) is 21.7 Å². The molecular weight excluding hydrogens is 355 g/mol. The van der Waals surface area contributed by atoms with Crippen molar-refractivity contribution in [3.05, 3.63) is 53.0 Å². The van der Waals surface area contributed by atoms with E-state index in [2.05, 4.69) is 4.98 Å². The Labute approximate surface area is 144 Å². The van der Waals surface area contributed by atoms with Gasteiger partial charge in [0.1, 0.15) is 5.01 Å². The lowest BCUT2D eigenvalue weighted by molar-refractivity contribution is -0.137. The van der Waals surface area contributed by atoms with E-state index >= 15 is 0 Å². The fourth-order valence-electron chi connectivity index (χ4n) is 2.64. The molecule has 1 N–H and O–H groups in total. The zero-order chi connectivity index (χ0) is 16.9. The molecule has 0 radical (unpaired) electrons. The maximum absolute atomic E-state index is 13.1. The molecule has 1 aromatic heterocycles. The lowest BCUT2D eigenvalue weighted by atomic mass is 10.0. The fourth-order valence-corrected chi connectivity index (χ4v) is 4.80. The van der Waals surface area contributed by atoms with Crippen LogP contribution in [0.2, 0.25) is 0 Å². The molecule has 4 rings (SSSR count). The van der Waals surface area contributed by atoms with Crippen molar-refractivity contribution in [3.63, 3.8) is 0 Å². The van der Waals surface area contributed by atoms with E-state index in [1.54, 1.807) is 0 Å². The smallest absolute Gasteiger partial charge is 0.389 e. The molecule has 3 aromatic rings. The number of rotatable bonds is 1. The van der Waals surface area contributed by atoms with E-state index in [0.717, 1.165) is 21.4 Å². The molecule has 0 saturated heterocycles. The van der Waals surface area contributed by atoms with E-state index in [9.17, 15) is 18.3 Å². The molecular formula is C17H10F3NOS2. The normalized spacial score (nSPS) is 13.0. The molecule has 0 bridgehead atoms. The van der Waals surface area contributed by atoms with Crippen molar-refractivity contribution in [2.75, 3.05) is 0 Å². The van der Waals surface area contributed by atoms with Crippen LogP contribution in [-0.4, -0.2) is 10.1 Å². The zero-order valence-corrected chi connectivity index (χ0v) is 13.7. The Balaban J connectivity index is 2.00. The van der Waals surface area contributed by atoms with Gasteiger partial charge in [0.15, 0.2) is 0 Å². The Morgan fingerprint density at radius 2 is 1.79 bits per heavy atom. The number of fused-ring (bicyclic) bond motifs is 5. The third-order valence-corrected chi connectivity index (χ3v) is 5.93. The number of aliphatic hydroxyl groups excluding tert-OH is 1. The Morgan fingerprint density at radius 3 is 2.54 bits per heavy atom. The number of thiazole rings is 1. The topological polar surface area (TPSA) is 33.1 Å². The summed E-state index contributed by atoms with van der Waals surface area (Å²) in [6.07, 6.45) is -4.39. The Morgan fingerprint density at radius 1 is 1.00 bits per heavy atom. The highest BCUT2D eigenvalue weighted by atomic mass is 32.2. The highest BCUT2D eigenvalue weighted by molar-refractivity contribution is 7.99. The van der Waals surface area contributed by atoms with E-state index in [4.69, 9.17) is 0 Å². The second-order valence-electron chi connectivity index (χ2n) is 5.25. The lowest BCUT2D eigenvalue weighted by Gasteiger charge is -2.11. The molecule has 1 aliphatic rings. The number of alkyl halides is 3. The minimum absolute atomic E-state index is 0.192. The molecule has 2 nitrogen and oxygen atoms in total. The first-order chi connectivity index (χ1) is 11.5. The average Bonchev–Trinajstić information content (AvgIpc) is 2.93. The summed E-state index contributed by atoms with van der Waals surface area (Å²) < 4.78 is 39.2. The lowest BCUT2D eigenvalue weighted by Crippen LogP contribution is -2.05. The molecule has 1 aliphatic heterocycles. The van der Waals surface area contributed by atoms with Crippen LogP contribution in [0.3, 0.4) is 0 Å². The summed E-state index contributed by atoms with van der Waals surface area (Å²) >= 11 is 2.68. The van der Waals surface area contributed by atoms with Gasteiger partial charge in [0, 0.05) is 20.9 Å². The van der Waals surface area contributed by atoms with Gasteiger partial charge < -0.3 is 5.11 Å². The summed E-state index contributed by atoms with van der Waals surface area (Å²) in [6, 6.07) is 11.3. The number of halogens is 3. The van der Waals surface area contributed by atoms with Gasteiger partial charge in [0.25, 0.3) is 0 Å². The van der Waals surface area contributed by atoms with E-state index < -0.39 is 11.7 Å². The van der Waals surface area contributed by atoms with E-state index in [-0.39, 0.29) is 6.61 Å². The molecule has 0 amide bonds. The fraction of sp³-hybridized carbons (Fsp3) is 0.118. The van der Waals surface area contributed by atoms with E-state index in [0.29, 0.717) is 21.2 Å². The van der Waals surface area contributed by atoms with Crippen LogP contribution in [0, 0.1) is 0 Å². The van der Waals surface area contributed by atoms with Crippen molar-refractivity contribution >= 4 is 23.1 Å². The number of aromatic nitrogens is 1. The third kappa shape index (κ3) is 2.53. The van der Waals surface area contributed by atoms with Crippen molar-refractivity contribution < 1.29 is 18.3 Å². The van der Waals surface area contributed by atoms with Gasteiger partial charge in [-0.15, -0.1) is 11.3 Å². The molecule has 7 heteroatoms. The quantitative estimate of drug-likeness (QED) is 0.487. The molecule has 0 aliphatic carbocycles. The predicted octanol–water partition coefficient (Wildman–Crippen LogP) is 5.45. The minimum Gasteiger partial charge on any atom is -0.389 e. The minimum atomic E-state index is -4.39. The summed E-state index contributed by atoms with van der Waals surface area (Å²) in [4.78, 5) is 6.71. The van der Waals surface area contributed by atoms with Gasteiger partial charge in [-0.05, 0) is 18.2 Å². The van der Waals surface area contributed by atoms with Crippen molar-refractivity contribution in [2.24, 2.45) is 0 Å². The summed E-state index contributed by atoms with van der Waals surface area (Å²) in [5.74, 6) is 0. The number of nitrogens with zero attached hydrogens (tertiary/aromatic N) is 1. The van der Waals surface area contributed by atoms with E-state index in [1.807, 2.05) is 24.3 Å². The van der Waals surface area contributed by atoms with Crippen molar-refractivity contribution in [3.8, 4) is 21.7 Å². The largest absolute Gasteiger partial charge is 0.416 e. The predicted molar refractivity (Wildman–Crippen MR) is 88.0 cm³/mol. The second kappa shape index (κ2) is 5.61. The Kier molecular flexibility index (Phi) is 3.67. The van der Waals surface area contributed by atoms with E-state index in [1.165, 1.54) is 35.2 Å². The monoisotopic (exact) mass is 365 g/mol. The SMILES string of the molecule is OCc1nc2c(s1)-c1ccccc1Sc1cc(C(F)(F)F)ccc1-2. The summed E-state index contributed by atoms with van der Waals surface area (Å²) in [7, 11) is 0. The van der Waals surface area contributed by atoms with Gasteiger partial charge >= 0.3 is 6.18 Å². The van der Waals surface area contributed by atoms with Gasteiger partial charge in [0.2, 0.25) is 0 Å². The van der Waals surface area contributed by atoms with Gasteiger partial charge in [-0.1, -0.05) is 36.0 Å². The summed E-state index contributed by atoms with van der Waals surface area (Å²) in [5.41, 5.74) is 1.55. The molecule has 0 atom stereocenters. The van der Waals surface area contributed by atoms with Crippen LogP contribution in [0.1, 0.15) is 10.6 Å². The number of hydrogen-bond acceptors (Lipinski definition) is 4. The first kappa shape index (κ1) is 15.7. The van der Waals surface area contributed by atoms with Gasteiger partial charge in [0.05, 0.1) is 22.7 Å². The maximum atomic E-state index is 13.1. The van der Waals surface area contributed by atoms with Crippen molar-refractivity contribution in [1.82, 2.24) is 4.98 Å². The summed E-state index contributed by atoms with van der Waals surface area (Å²) in [5, 5.41) is 9.95. The average molecular weight is 365 g/mol. The maximum Gasteiger partial charge on any atom is 0.416 e. The highest BCUT2D eigenvalue weighted by Crippen LogP contribution is 2.50. The van der Waals surface area contributed by atoms with Crippen LogP contribution in [0.5, 0.6) is 0 Å². The second-order valence-corrected chi connectivity index (χ2v) is 7.42. The van der Waals surface area contributed by atoms with Gasteiger partial charge in [-0.25, -0.2) is 4.98 Å². The van der Waals surface area contributed by atoms with Crippen LogP contribution >= 0.6 is 23.1 Å². The van der Waals surface area contributed by atoms with Crippen molar-refractivity contribution in [1.29, 1.82) is 0 Å². The molecule has 2 heterocycles. The van der Waals surface area contributed by atoms with Crippen molar-refractivity contribution in [2.45, 2.75) is 22.6 Å². The molecule has 0 unspecified atom stereocenters. The molecule has 0 saturated carbocycles. The van der Waals surface area contributed by atoms with Crippen LogP contribution in [-0.2, 0) is 12.8 Å². The molecule has 0 fully saturated rings. The Hall–Kier alpha value is -1.83. The van der Waals surface area contributed by atoms with Crippen LogP contribution in [0.4, 0.5) is 13.2 Å². The standard InChI is InChI=1S/C17H10F3NOS2/c18-17(19,20)9-5-6-10-13(7-9)23-12-4-2-1-3-11(12)16-15(10)21-14(8-22)24-16/h1-7,22H,8H2.